The number of fused-ring (bicyclic) bond motifs is 1. The molecule has 2 N–H and O–H groups in total. The lowest BCUT2D eigenvalue weighted by Crippen LogP contribution is -2.39. The number of benzene rings is 1. The quantitative estimate of drug-likeness (QED) is 0.733. The van der Waals surface area contributed by atoms with Crippen molar-refractivity contribution in [2.24, 2.45) is 5.92 Å². The Bertz CT molecular complexity index is 1080. The largest absolute Gasteiger partial charge is 0.362 e. The molecule has 6 nitrogen and oxygen atoms in total. The Labute approximate surface area is 190 Å². The highest BCUT2D eigenvalue weighted by Crippen LogP contribution is 2.25. The summed E-state index contributed by atoms with van der Waals surface area (Å²) in [4.78, 5) is 24.2. The third kappa shape index (κ3) is 5.29. The number of rotatable bonds is 6. The van der Waals surface area contributed by atoms with Gasteiger partial charge in [0, 0.05) is 37.5 Å². The van der Waals surface area contributed by atoms with Crippen LogP contribution in [0.25, 0.3) is 12.2 Å². The fourth-order valence-corrected chi connectivity index (χ4v) is 4.81. The van der Waals surface area contributed by atoms with Gasteiger partial charge in [-0.2, -0.15) is 4.98 Å². The van der Waals surface area contributed by atoms with E-state index in [9.17, 15) is 4.79 Å². The molecule has 1 heterocycles. The summed E-state index contributed by atoms with van der Waals surface area (Å²) in [6.07, 6.45) is 10.7. The van der Waals surface area contributed by atoms with Gasteiger partial charge in [-0.25, -0.2) is 4.98 Å². The van der Waals surface area contributed by atoms with Crippen molar-refractivity contribution in [1.29, 1.82) is 0 Å². The van der Waals surface area contributed by atoms with Gasteiger partial charge in [-0.15, -0.1) is 0 Å². The van der Waals surface area contributed by atoms with E-state index in [1.807, 2.05) is 40.1 Å². The van der Waals surface area contributed by atoms with Crippen LogP contribution in [0.5, 0.6) is 0 Å². The van der Waals surface area contributed by atoms with Gasteiger partial charge in [-0.3, -0.25) is 4.79 Å². The highest BCUT2D eigenvalue weighted by Gasteiger charge is 2.23. The zero-order valence-corrected chi connectivity index (χ0v) is 19.7. The maximum atomic E-state index is 12.7. The maximum absolute atomic E-state index is 12.7. The van der Waals surface area contributed by atoms with Crippen LogP contribution in [-0.2, 0) is 0 Å². The molecule has 32 heavy (non-hydrogen) atoms. The molecule has 6 heteroatoms. The summed E-state index contributed by atoms with van der Waals surface area (Å²) in [5, 5.41) is 8.91. The molecule has 4 rings (SSSR count). The van der Waals surface area contributed by atoms with Gasteiger partial charge < -0.3 is 15.5 Å². The average molecular weight is 434 g/mol. The normalized spacial score (nSPS) is 19.9. The zero-order chi connectivity index (χ0) is 22.7. The van der Waals surface area contributed by atoms with Crippen LogP contribution in [0.1, 0.15) is 60.0 Å². The van der Waals surface area contributed by atoms with Crippen LogP contribution >= 0.6 is 0 Å². The number of aromatic nitrogens is 2. The summed E-state index contributed by atoms with van der Waals surface area (Å²) in [5.41, 5.74) is 3.02. The van der Waals surface area contributed by atoms with Gasteiger partial charge in [-0.1, -0.05) is 29.3 Å². The number of aryl methyl sites for hydroxylation is 2. The van der Waals surface area contributed by atoms with E-state index in [-0.39, 0.29) is 11.9 Å². The molecular weight excluding hydrogens is 398 g/mol. The Morgan fingerprint density at radius 3 is 2.38 bits per heavy atom. The first-order valence-corrected chi connectivity index (χ1v) is 11.8. The molecule has 1 amide bonds. The van der Waals surface area contributed by atoms with E-state index in [1.54, 1.807) is 0 Å². The molecule has 1 aromatic carbocycles. The lowest BCUT2D eigenvalue weighted by atomic mass is 9.86. The molecule has 0 atom stereocenters. The first kappa shape index (κ1) is 22.3. The highest BCUT2D eigenvalue weighted by molar-refractivity contribution is 5.94. The van der Waals surface area contributed by atoms with Crippen LogP contribution in [0, 0.1) is 19.8 Å². The lowest BCUT2D eigenvalue weighted by molar-refractivity contribution is 0.0922. The van der Waals surface area contributed by atoms with Crippen molar-refractivity contribution in [2.45, 2.75) is 58.4 Å². The van der Waals surface area contributed by atoms with E-state index in [4.69, 9.17) is 9.97 Å². The summed E-state index contributed by atoms with van der Waals surface area (Å²) < 4.78 is 0. The molecule has 0 unspecified atom stereocenters. The molecule has 2 aliphatic rings. The number of anilines is 2. The topological polar surface area (TPSA) is 70.2 Å². The second-order valence-corrected chi connectivity index (χ2v) is 9.50. The van der Waals surface area contributed by atoms with Crippen molar-refractivity contribution in [3.8, 4) is 0 Å². The van der Waals surface area contributed by atoms with Gasteiger partial charge in [0.1, 0.15) is 5.82 Å². The molecule has 2 aromatic rings. The van der Waals surface area contributed by atoms with Gasteiger partial charge >= 0.3 is 0 Å². The minimum absolute atomic E-state index is 0.0464. The number of hydrogen-bond donors (Lipinski definition) is 2. The second kappa shape index (κ2) is 9.72. The summed E-state index contributed by atoms with van der Waals surface area (Å²) in [6, 6.07) is 6.28. The number of carbonyl (C=O) groups excluding carboxylic acids is 1. The molecule has 170 valence electrons. The van der Waals surface area contributed by atoms with Crippen molar-refractivity contribution >= 4 is 29.8 Å². The average Bonchev–Trinajstić information content (AvgIpc) is 2.77. The van der Waals surface area contributed by atoms with Crippen LogP contribution in [0.4, 0.5) is 11.8 Å². The third-order valence-electron chi connectivity index (χ3n) is 6.45. The van der Waals surface area contributed by atoms with Crippen molar-refractivity contribution in [3.63, 3.8) is 0 Å². The predicted octanol–water partition coefficient (Wildman–Crippen LogP) is 2.91. The minimum Gasteiger partial charge on any atom is -0.362 e. The molecular formula is C26H35N5O. The molecule has 1 fully saturated rings. The van der Waals surface area contributed by atoms with E-state index in [2.05, 4.69) is 33.8 Å². The monoisotopic (exact) mass is 433 g/mol. The van der Waals surface area contributed by atoms with Gasteiger partial charge in [0.15, 0.2) is 0 Å². The van der Waals surface area contributed by atoms with Gasteiger partial charge in [-0.05, 0) is 70.4 Å². The molecule has 0 bridgehead atoms. The van der Waals surface area contributed by atoms with E-state index in [0.717, 1.165) is 78.1 Å². The Kier molecular flexibility index (Phi) is 6.77. The lowest BCUT2D eigenvalue weighted by Gasteiger charge is -2.29. The number of amides is 1. The molecule has 1 saturated carbocycles. The molecule has 0 aliphatic heterocycles. The highest BCUT2D eigenvalue weighted by atomic mass is 16.1. The molecule has 0 saturated heterocycles. The van der Waals surface area contributed by atoms with Gasteiger partial charge in [0.05, 0.1) is 5.35 Å². The van der Waals surface area contributed by atoms with Crippen molar-refractivity contribution in [1.82, 2.24) is 15.3 Å². The summed E-state index contributed by atoms with van der Waals surface area (Å²) in [5.74, 6) is 2.31. The second-order valence-electron chi connectivity index (χ2n) is 9.50. The summed E-state index contributed by atoms with van der Waals surface area (Å²) in [6.45, 7) is 4.94. The van der Waals surface area contributed by atoms with Gasteiger partial charge in [0.25, 0.3) is 5.91 Å². The third-order valence-corrected chi connectivity index (χ3v) is 6.45. The van der Waals surface area contributed by atoms with Crippen molar-refractivity contribution < 1.29 is 4.79 Å². The zero-order valence-electron chi connectivity index (χ0n) is 19.7. The predicted molar refractivity (Wildman–Crippen MR) is 131 cm³/mol. The Morgan fingerprint density at radius 2 is 1.69 bits per heavy atom. The summed E-state index contributed by atoms with van der Waals surface area (Å²) >= 11 is 0. The number of carbonyl (C=O) groups is 1. The van der Waals surface area contributed by atoms with E-state index >= 15 is 0 Å². The van der Waals surface area contributed by atoms with Crippen LogP contribution in [0.3, 0.4) is 0 Å². The van der Waals surface area contributed by atoms with Gasteiger partial charge in [0.2, 0.25) is 5.95 Å². The van der Waals surface area contributed by atoms with Crippen LogP contribution in [0.15, 0.2) is 18.2 Å². The minimum atomic E-state index is 0.0464. The van der Waals surface area contributed by atoms with Crippen molar-refractivity contribution in [2.75, 3.05) is 30.9 Å². The SMILES string of the molecule is Cc1cc(C)cc(C(=O)NC2CCC(CNc3nc(N(C)C)c4c(n3)=CCCC=4)CC2)c1. The number of nitrogens with zero attached hydrogens (tertiary/aromatic N) is 3. The fourth-order valence-electron chi connectivity index (χ4n) is 4.81. The first-order chi connectivity index (χ1) is 15.4. The Morgan fingerprint density at radius 1 is 1.00 bits per heavy atom. The number of hydrogen-bond acceptors (Lipinski definition) is 5. The molecule has 0 radical (unpaired) electrons. The Hall–Kier alpha value is -2.89. The van der Waals surface area contributed by atoms with Crippen LogP contribution in [-0.4, -0.2) is 42.6 Å². The molecule has 1 aromatic heterocycles. The fraction of sp³-hybridized carbons (Fsp3) is 0.500. The molecule has 2 aliphatic carbocycles. The van der Waals surface area contributed by atoms with Crippen molar-refractivity contribution in [3.05, 3.63) is 45.5 Å². The van der Waals surface area contributed by atoms with E-state index in [1.165, 1.54) is 0 Å². The van der Waals surface area contributed by atoms with E-state index in [0.29, 0.717) is 11.9 Å². The van der Waals surface area contributed by atoms with Crippen LogP contribution in [0.2, 0.25) is 0 Å². The number of nitrogens with one attached hydrogen (secondary N) is 2. The molecule has 0 spiro atoms. The smallest absolute Gasteiger partial charge is 0.251 e. The standard InChI is InChI=1S/C26H35N5O/c1-17-13-18(2)15-20(14-17)25(32)28-21-11-9-19(10-12-21)16-27-26-29-23-8-6-5-7-22(23)24(30-26)31(3)4/h7-8,13-15,19,21H,5-6,9-12,16H2,1-4H3,(H,27,29)(H,28,32). The summed E-state index contributed by atoms with van der Waals surface area (Å²) in [7, 11) is 4.06. The van der Waals surface area contributed by atoms with Crippen LogP contribution < -0.4 is 26.1 Å². The Balaban J connectivity index is 1.31. The maximum Gasteiger partial charge on any atom is 0.251 e. The van der Waals surface area contributed by atoms with E-state index < -0.39 is 0 Å². The first-order valence-electron chi connectivity index (χ1n) is 11.8.